The third-order valence-electron chi connectivity index (χ3n) is 5.83. The summed E-state index contributed by atoms with van der Waals surface area (Å²) in [5.74, 6) is -2.89. The molecule has 1 aliphatic rings. The van der Waals surface area contributed by atoms with Crippen molar-refractivity contribution in [3.63, 3.8) is 0 Å². The summed E-state index contributed by atoms with van der Waals surface area (Å²) in [6.07, 6.45) is -5.44. The zero-order valence-electron chi connectivity index (χ0n) is 20.5. The number of carboxylic acids is 1. The molecule has 10 nitrogen and oxygen atoms in total. The van der Waals surface area contributed by atoms with Gasteiger partial charge >= 0.3 is 12.1 Å². The maximum Gasteiger partial charge on any atom is 0.416 e. The van der Waals surface area contributed by atoms with E-state index in [-0.39, 0.29) is 6.54 Å². The van der Waals surface area contributed by atoms with E-state index in [2.05, 4.69) is 14.8 Å². The molecular formula is C26H22F3N5O5S. The van der Waals surface area contributed by atoms with Gasteiger partial charge in [0.25, 0.3) is 10.0 Å². The maximum atomic E-state index is 13.1. The third kappa shape index (κ3) is 6.64. The van der Waals surface area contributed by atoms with Crippen LogP contribution in [0.5, 0.6) is 0 Å². The molecule has 3 aromatic rings. The number of carbonyl (C=O) groups is 2. The molecule has 1 amide bonds. The van der Waals surface area contributed by atoms with Crippen molar-refractivity contribution >= 4 is 39.3 Å². The van der Waals surface area contributed by atoms with Crippen molar-refractivity contribution in [2.45, 2.75) is 23.4 Å². The van der Waals surface area contributed by atoms with Crippen molar-refractivity contribution in [2.24, 2.45) is 15.2 Å². The average molecular weight is 574 g/mol. The summed E-state index contributed by atoms with van der Waals surface area (Å²) in [6, 6.07) is 18.7. The largest absolute Gasteiger partial charge is 0.481 e. The Morgan fingerprint density at radius 1 is 1.05 bits per heavy atom. The lowest BCUT2D eigenvalue weighted by molar-refractivity contribution is -0.140. The third-order valence-corrected chi connectivity index (χ3v) is 7.11. The second-order valence-corrected chi connectivity index (χ2v) is 10.3. The first-order chi connectivity index (χ1) is 18.8. The first-order valence-corrected chi connectivity index (χ1v) is 13.1. The highest BCUT2D eigenvalue weighted by atomic mass is 32.2. The van der Waals surface area contributed by atoms with E-state index in [1.165, 1.54) is 0 Å². The first-order valence-electron chi connectivity index (χ1n) is 11.6. The highest BCUT2D eigenvalue weighted by Crippen LogP contribution is 2.32. The maximum absolute atomic E-state index is 13.1. The molecule has 0 radical (unpaired) electrons. The van der Waals surface area contributed by atoms with Gasteiger partial charge in [0.15, 0.2) is 0 Å². The highest BCUT2D eigenvalue weighted by Gasteiger charge is 2.33. The SMILES string of the molecule is N/C(=N\S(=O)(=O)c1cccc(C(F)(F)F)c1)N1CC(c2ccccc2)C(c2ccc(NC(=O)CC(=O)O)cc2)=N1. The van der Waals surface area contributed by atoms with E-state index >= 15 is 0 Å². The van der Waals surface area contributed by atoms with Crippen LogP contribution in [0.15, 0.2) is 93.3 Å². The van der Waals surface area contributed by atoms with E-state index in [1.807, 2.05) is 30.3 Å². The van der Waals surface area contributed by atoms with Crippen LogP contribution >= 0.6 is 0 Å². The van der Waals surface area contributed by atoms with E-state index in [0.717, 1.165) is 28.8 Å². The fraction of sp³-hybridized carbons (Fsp3) is 0.154. The number of halogens is 3. The molecule has 1 unspecified atom stereocenters. The Kier molecular flexibility index (Phi) is 7.91. The number of anilines is 1. The summed E-state index contributed by atoms with van der Waals surface area (Å²) < 4.78 is 68.4. The topological polar surface area (TPSA) is 155 Å². The Bertz CT molecular complexity index is 1590. The molecule has 0 aliphatic carbocycles. The predicted molar refractivity (Wildman–Crippen MR) is 140 cm³/mol. The van der Waals surface area contributed by atoms with E-state index in [1.54, 1.807) is 24.3 Å². The van der Waals surface area contributed by atoms with Crippen LogP contribution in [0.25, 0.3) is 0 Å². The van der Waals surface area contributed by atoms with Gasteiger partial charge in [0.1, 0.15) is 6.42 Å². The van der Waals surface area contributed by atoms with Gasteiger partial charge in [-0.25, -0.2) is 5.01 Å². The van der Waals surface area contributed by atoms with Crippen molar-refractivity contribution in [3.05, 3.63) is 95.6 Å². The van der Waals surface area contributed by atoms with Crippen LogP contribution in [0.1, 0.15) is 29.0 Å². The molecule has 1 aliphatic heterocycles. The lowest BCUT2D eigenvalue weighted by Crippen LogP contribution is -2.33. The molecule has 4 N–H and O–H groups in total. The number of sulfonamides is 1. The number of alkyl halides is 3. The van der Waals surface area contributed by atoms with Gasteiger partial charge in [0, 0.05) is 11.6 Å². The zero-order chi connectivity index (χ0) is 29.1. The second kappa shape index (κ2) is 11.2. The fourth-order valence-electron chi connectivity index (χ4n) is 3.97. The molecule has 208 valence electrons. The molecule has 0 saturated heterocycles. The van der Waals surface area contributed by atoms with E-state index in [4.69, 9.17) is 10.8 Å². The number of nitrogens with two attached hydrogens (primary N) is 1. The Morgan fingerprint density at radius 3 is 2.35 bits per heavy atom. The summed E-state index contributed by atoms with van der Waals surface area (Å²) in [7, 11) is -4.60. The van der Waals surface area contributed by atoms with Crippen LogP contribution in [-0.2, 0) is 25.8 Å². The number of hydrogen-bond acceptors (Lipinski definition) is 5. The number of rotatable bonds is 7. The Hall–Kier alpha value is -4.72. The quantitative estimate of drug-likeness (QED) is 0.222. The van der Waals surface area contributed by atoms with Gasteiger partial charge in [-0.2, -0.15) is 26.7 Å². The molecule has 0 saturated carbocycles. The van der Waals surface area contributed by atoms with Gasteiger partial charge in [-0.05, 0) is 41.5 Å². The molecule has 3 aromatic carbocycles. The number of nitrogens with zero attached hydrogens (tertiary/aromatic N) is 3. The minimum Gasteiger partial charge on any atom is -0.481 e. The van der Waals surface area contributed by atoms with Gasteiger partial charge in [0.05, 0.1) is 22.7 Å². The van der Waals surface area contributed by atoms with Crippen molar-refractivity contribution < 1.29 is 36.3 Å². The van der Waals surface area contributed by atoms with Crippen molar-refractivity contribution in [2.75, 3.05) is 11.9 Å². The highest BCUT2D eigenvalue weighted by molar-refractivity contribution is 7.90. The van der Waals surface area contributed by atoms with Crippen LogP contribution < -0.4 is 11.1 Å². The summed E-state index contributed by atoms with van der Waals surface area (Å²) >= 11 is 0. The van der Waals surface area contributed by atoms with Crippen LogP contribution in [0.4, 0.5) is 18.9 Å². The minimum atomic E-state index is -4.74. The van der Waals surface area contributed by atoms with E-state index < -0.39 is 56.8 Å². The molecule has 14 heteroatoms. The summed E-state index contributed by atoms with van der Waals surface area (Å²) in [5.41, 5.74) is 7.13. The second-order valence-electron chi connectivity index (χ2n) is 8.68. The minimum absolute atomic E-state index is 0.0872. The molecule has 0 spiro atoms. The van der Waals surface area contributed by atoms with Crippen molar-refractivity contribution in [1.29, 1.82) is 0 Å². The number of carboxylic acid groups (broad SMARTS) is 1. The van der Waals surface area contributed by atoms with E-state index in [9.17, 15) is 31.2 Å². The number of hydrogen-bond donors (Lipinski definition) is 3. The van der Waals surface area contributed by atoms with Crippen LogP contribution in [0, 0.1) is 0 Å². The number of carbonyl (C=O) groups excluding carboxylic acids is 1. The van der Waals surface area contributed by atoms with Crippen molar-refractivity contribution in [1.82, 2.24) is 5.01 Å². The lowest BCUT2D eigenvalue weighted by Gasteiger charge is -2.16. The first kappa shape index (κ1) is 28.3. The van der Waals surface area contributed by atoms with Gasteiger partial charge in [0.2, 0.25) is 11.9 Å². The van der Waals surface area contributed by atoms with Gasteiger partial charge in [-0.15, -0.1) is 4.40 Å². The number of amides is 1. The number of benzene rings is 3. The predicted octanol–water partition coefficient (Wildman–Crippen LogP) is 3.63. The molecule has 1 atom stereocenters. The number of nitrogens with one attached hydrogen (secondary N) is 1. The molecule has 1 heterocycles. The Balaban J connectivity index is 1.65. The number of hydrazone groups is 1. The smallest absolute Gasteiger partial charge is 0.416 e. The van der Waals surface area contributed by atoms with Crippen molar-refractivity contribution in [3.8, 4) is 0 Å². The summed E-state index contributed by atoms with van der Waals surface area (Å²) in [6.45, 7) is 0.0872. The average Bonchev–Trinajstić information content (AvgIpc) is 3.34. The monoisotopic (exact) mass is 573 g/mol. The normalized spacial score (nSPS) is 16.0. The fourth-order valence-corrected chi connectivity index (χ4v) is 4.95. The molecule has 4 rings (SSSR count). The van der Waals surface area contributed by atoms with Crippen LogP contribution in [0.3, 0.4) is 0 Å². The lowest BCUT2D eigenvalue weighted by atomic mass is 9.90. The molecular weight excluding hydrogens is 551 g/mol. The molecule has 40 heavy (non-hydrogen) atoms. The Labute approximate surface area is 226 Å². The standard InChI is InChI=1S/C26H22F3N5O5S/c27-26(28,29)18-7-4-8-20(13-18)40(38,39)33-25(30)34-15-21(16-5-2-1-3-6-16)24(32-34)17-9-11-19(12-10-17)31-22(35)14-23(36)37/h1-13,21H,14-15H2,(H2,30,33)(H,31,35)(H,36,37). The van der Waals surface area contributed by atoms with Gasteiger partial charge in [-0.3, -0.25) is 9.59 Å². The molecule has 0 aromatic heterocycles. The molecule has 0 fully saturated rings. The summed E-state index contributed by atoms with van der Waals surface area (Å²) in [5, 5.41) is 16.8. The summed E-state index contributed by atoms with van der Waals surface area (Å²) in [4.78, 5) is 21.8. The number of aliphatic carboxylic acids is 1. The van der Waals surface area contributed by atoms with E-state index in [0.29, 0.717) is 23.0 Å². The zero-order valence-corrected chi connectivity index (χ0v) is 21.4. The van der Waals surface area contributed by atoms with Gasteiger partial charge < -0.3 is 16.2 Å². The van der Waals surface area contributed by atoms with Crippen LogP contribution in [-0.4, -0.2) is 48.6 Å². The van der Waals surface area contributed by atoms with Gasteiger partial charge in [-0.1, -0.05) is 48.5 Å². The Morgan fingerprint density at radius 2 is 1.73 bits per heavy atom. The molecule has 0 bridgehead atoms. The van der Waals surface area contributed by atoms with Crippen LogP contribution in [0.2, 0.25) is 0 Å². The number of guanidine groups is 1.